The number of nitrogens with zero attached hydrogens (tertiary/aromatic N) is 2. The summed E-state index contributed by atoms with van der Waals surface area (Å²) in [6.45, 7) is 1.83. The summed E-state index contributed by atoms with van der Waals surface area (Å²) in [7, 11) is 4.15. The van der Waals surface area contributed by atoms with Crippen molar-refractivity contribution in [1.29, 1.82) is 0 Å². The lowest BCUT2D eigenvalue weighted by atomic mass is 10.2. The molecule has 0 aliphatic heterocycles. The molecule has 1 amide bonds. The number of halogens is 1. The Morgan fingerprint density at radius 1 is 1.33 bits per heavy atom. The van der Waals surface area contributed by atoms with Crippen LogP contribution in [-0.4, -0.2) is 43.0 Å². The summed E-state index contributed by atoms with van der Waals surface area (Å²) in [6.07, 6.45) is 5.03. The quantitative estimate of drug-likeness (QED) is 0.595. The summed E-state index contributed by atoms with van der Waals surface area (Å²) < 4.78 is 1.04. The Hall–Kier alpha value is -0.690. The number of nitrogens with one attached hydrogen (secondary N) is 1. The van der Waals surface area contributed by atoms with E-state index in [1.54, 1.807) is 12.3 Å². The van der Waals surface area contributed by atoms with E-state index in [2.05, 4.69) is 51.9 Å². The first-order chi connectivity index (χ1) is 8.59. The van der Waals surface area contributed by atoms with Crippen LogP contribution in [0.15, 0.2) is 18.3 Å². The van der Waals surface area contributed by atoms with E-state index in [0.717, 1.165) is 29.5 Å². The molecule has 0 fully saturated rings. The minimum atomic E-state index is -0.0843. The molecule has 0 bridgehead atoms. The molecule has 0 aliphatic rings. The number of hydrogen-bond acceptors (Lipinski definition) is 3. The van der Waals surface area contributed by atoms with E-state index in [0.29, 0.717) is 5.69 Å². The van der Waals surface area contributed by atoms with Crippen molar-refractivity contribution in [3.05, 3.63) is 27.6 Å². The van der Waals surface area contributed by atoms with Crippen LogP contribution >= 0.6 is 22.6 Å². The van der Waals surface area contributed by atoms with Gasteiger partial charge in [0.2, 0.25) is 0 Å². The topological polar surface area (TPSA) is 45.2 Å². The average Bonchev–Trinajstić information content (AvgIpc) is 2.34. The van der Waals surface area contributed by atoms with Gasteiger partial charge in [-0.05, 0) is 68.2 Å². The van der Waals surface area contributed by atoms with Crippen molar-refractivity contribution in [1.82, 2.24) is 15.2 Å². The fourth-order valence-electron chi connectivity index (χ4n) is 1.53. The summed E-state index contributed by atoms with van der Waals surface area (Å²) in [6, 6.07) is 3.64. The minimum Gasteiger partial charge on any atom is -0.351 e. The zero-order valence-corrected chi connectivity index (χ0v) is 13.1. The maximum Gasteiger partial charge on any atom is 0.269 e. The molecular formula is C13H20IN3O. The Morgan fingerprint density at radius 3 is 2.72 bits per heavy atom. The molecule has 1 heterocycles. The van der Waals surface area contributed by atoms with Gasteiger partial charge in [0.1, 0.15) is 5.69 Å². The van der Waals surface area contributed by atoms with Gasteiger partial charge in [-0.25, -0.2) is 4.98 Å². The maximum absolute atomic E-state index is 11.7. The van der Waals surface area contributed by atoms with Gasteiger partial charge >= 0.3 is 0 Å². The standard InChI is InChI=1S/C13H20IN3O/c1-17(2)9-5-3-4-8-15-13(18)12-7-6-11(14)10-16-12/h6-7,10H,3-5,8-9H2,1-2H3,(H,15,18)/i14+4. The molecule has 4 nitrogen and oxygen atoms in total. The smallest absolute Gasteiger partial charge is 0.269 e. The summed E-state index contributed by atoms with van der Waals surface area (Å²) in [5, 5.41) is 2.89. The Bertz CT molecular complexity index is 365. The molecule has 0 radical (unpaired) electrons. The van der Waals surface area contributed by atoms with Crippen LogP contribution in [0, 0.1) is 3.57 Å². The fourth-order valence-corrected chi connectivity index (χ4v) is 1.85. The van der Waals surface area contributed by atoms with E-state index >= 15 is 0 Å². The predicted octanol–water partition coefficient (Wildman–Crippen LogP) is 2.15. The molecule has 18 heavy (non-hydrogen) atoms. The second-order valence-corrected chi connectivity index (χ2v) is 5.73. The number of unbranched alkanes of at least 4 members (excludes halogenated alkanes) is 2. The van der Waals surface area contributed by atoms with Gasteiger partial charge in [0.15, 0.2) is 0 Å². The van der Waals surface area contributed by atoms with E-state index < -0.39 is 0 Å². The van der Waals surface area contributed by atoms with E-state index in [9.17, 15) is 4.79 Å². The highest BCUT2D eigenvalue weighted by Gasteiger charge is 2.05. The van der Waals surface area contributed by atoms with Crippen LogP contribution in [0.2, 0.25) is 0 Å². The molecule has 0 aromatic carbocycles. The normalized spacial score (nSPS) is 10.7. The molecule has 5 heteroatoms. The van der Waals surface area contributed by atoms with Crippen LogP contribution in [0.5, 0.6) is 0 Å². The number of aromatic nitrogens is 1. The average molecular weight is 365 g/mol. The van der Waals surface area contributed by atoms with E-state index in [1.807, 2.05) is 6.07 Å². The van der Waals surface area contributed by atoms with Crippen molar-refractivity contribution in [2.24, 2.45) is 0 Å². The Morgan fingerprint density at radius 2 is 2.11 bits per heavy atom. The molecular weight excluding hydrogens is 345 g/mol. The molecule has 100 valence electrons. The third-order valence-electron chi connectivity index (χ3n) is 2.53. The summed E-state index contributed by atoms with van der Waals surface area (Å²) in [4.78, 5) is 18.0. The number of amides is 1. The molecule has 0 aliphatic carbocycles. The largest absolute Gasteiger partial charge is 0.351 e. The molecule has 0 atom stereocenters. The number of rotatable bonds is 7. The molecule has 0 saturated carbocycles. The van der Waals surface area contributed by atoms with E-state index in [4.69, 9.17) is 0 Å². The highest BCUT2D eigenvalue weighted by Crippen LogP contribution is 2.03. The number of pyridine rings is 1. The van der Waals surface area contributed by atoms with E-state index in [1.165, 1.54) is 6.42 Å². The van der Waals surface area contributed by atoms with Crippen molar-refractivity contribution in [3.8, 4) is 0 Å². The van der Waals surface area contributed by atoms with Crippen molar-refractivity contribution >= 4 is 28.5 Å². The second-order valence-electron chi connectivity index (χ2n) is 4.48. The first-order valence-electron chi connectivity index (χ1n) is 6.14. The van der Waals surface area contributed by atoms with Crippen LogP contribution in [0.4, 0.5) is 0 Å². The summed E-state index contributed by atoms with van der Waals surface area (Å²) >= 11 is 2.17. The fraction of sp³-hybridized carbons (Fsp3) is 0.538. The van der Waals surface area contributed by atoms with Gasteiger partial charge in [0.25, 0.3) is 5.91 Å². The molecule has 1 aromatic heterocycles. The SMILES string of the molecule is CN(C)CCCCCNC(=O)c1ccc([131I])cn1. The minimum absolute atomic E-state index is 0.0843. The van der Waals surface area contributed by atoms with Crippen molar-refractivity contribution < 1.29 is 4.79 Å². The molecule has 0 saturated heterocycles. The highest BCUT2D eigenvalue weighted by molar-refractivity contribution is 14.1. The summed E-state index contributed by atoms with van der Waals surface area (Å²) in [5.41, 5.74) is 0.490. The first-order valence-corrected chi connectivity index (χ1v) is 7.22. The number of carbonyl (C=O) groups excluding carboxylic acids is 1. The van der Waals surface area contributed by atoms with Crippen molar-refractivity contribution in [3.63, 3.8) is 0 Å². The van der Waals surface area contributed by atoms with Gasteiger partial charge < -0.3 is 10.2 Å². The van der Waals surface area contributed by atoms with Gasteiger partial charge in [0.05, 0.1) is 0 Å². The zero-order chi connectivity index (χ0) is 13.4. The number of hydrogen-bond donors (Lipinski definition) is 1. The maximum atomic E-state index is 11.7. The highest BCUT2D eigenvalue weighted by atomic mass is 131. The van der Waals surface area contributed by atoms with Crippen LogP contribution in [0.25, 0.3) is 0 Å². The van der Waals surface area contributed by atoms with Crippen LogP contribution < -0.4 is 5.32 Å². The monoisotopic (exact) mass is 365 g/mol. The second kappa shape index (κ2) is 8.42. The van der Waals surface area contributed by atoms with Crippen LogP contribution in [0.3, 0.4) is 0 Å². The van der Waals surface area contributed by atoms with Gasteiger partial charge in [-0.1, -0.05) is 6.42 Å². The lowest BCUT2D eigenvalue weighted by Crippen LogP contribution is -2.25. The zero-order valence-electron chi connectivity index (χ0n) is 10.9. The predicted molar refractivity (Wildman–Crippen MR) is 81.7 cm³/mol. The van der Waals surface area contributed by atoms with Gasteiger partial charge in [-0.3, -0.25) is 4.79 Å². The lowest BCUT2D eigenvalue weighted by Gasteiger charge is -2.09. The Kier molecular flexibility index (Phi) is 7.19. The van der Waals surface area contributed by atoms with Crippen LogP contribution in [-0.2, 0) is 0 Å². The molecule has 1 aromatic rings. The van der Waals surface area contributed by atoms with Crippen molar-refractivity contribution in [2.45, 2.75) is 19.3 Å². The molecule has 0 spiro atoms. The number of carbonyl (C=O) groups is 1. The molecule has 1 N–H and O–H groups in total. The van der Waals surface area contributed by atoms with Crippen molar-refractivity contribution in [2.75, 3.05) is 27.2 Å². The van der Waals surface area contributed by atoms with Gasteiger partial charge in [-0.15, -0.1) is 0 Å². The Balaban J connectivity index is 2.16. The van der Waals surface area contributed by atoms with Gasteiger partial charge in [-0.2, -0.15) is 0 Å². The molecule has 0 unspecified atom stereocenters. The first kappa shape index (κ1) is 15.4. The third kappa shape index (κ3) is 6.30. The van der Waals surface area contributed by atoms with Gasteiger partial charge in [0, 0.05) is 16.3 Å². The molecule has 1 rings (SSSR count). The lowest BCUT2D eigenvalue weighted by molar-refractivity contribution is 0.0948. The van der Waals surface area contributed by atoms with E-state index in [-0.39, 0.29) is 5.91 Å². The van der Waals surface area contributed by atoms with Crippen LogP contribution in [0.1, 0.15) is 29.8 Å². The summed E-state index contributed by atoms with van der Waals surface area (Å²) in [5.74, 6) is -0.0843. The Labute approximate surface area is 122 Å². The third-order valence-corrected chi connectivity index (χ3v) is 3.17.